The molecule has 2 atom stereocenters. The van der Waals surface area contributed by atoms with Crippen molar-refractivity contribution in [1.82, 2.24) is 0 Å². The van der Waals surface area contributed by atoms with E-state index < -0.39 is 26.5 Å². The highest BCUT2D eigenvalue weighted by atomic mass is 31.2. The minimum atomic E-state index is -4.28. The molecular formula is C47H87O8P. The van der Waals surface area contributed by atoms with Gasteiger partial charge in [0.25, 0.3) is 0 Å². The first kappa shape index (κ1) is 54.3. The van der Waals surface area contributed by atoms with Gasteiger partial charge in [-0.2, -0.15) is 0 Å². The third-order valence-corrected chi connectivity index (χ3v) is 11.0. The quantitative estimate of drug-likeness (QED) is 0.0281. The molecule has 0 aliphatic carbocycles. The number of carbonyl (C=O) groups is 2. The van der Waals surface area contributed by atoms with Gasteiger partial charge in [0, 0.05) is 12.8 Å². The lowest BCUT2D eigenvalue weighted by Gasteiger charge is -2.19. The van der Waals surface area contributed by atoms with Crippen LogP contribution in [0.2, 0.25) is 0 Å². The fourth-order valence-electron chi connectivity index (χ4n) is 6.49. The van der Waals surface area contributed by atoms with E-state index in [1.165, 1.54) is 122 Å². The van der Waals surface area contributed by atoms with Crippen molar-refractivity contribution in [3.63, 3.8) is 0 Å². The highest BCUT2D eigenvalue weighted by molar-refractivity contribution is 7.47. The number of carbonyl (C=O) groups excluding carboxylic acids is 2. The smallest absolute Gasteiger partial charge is 0.462 e. The molecule has 0 radical (unpaired) electrons. The molecule has 0 rings (SSSR count). The minimum absolute atomic E-state index is 0.00235. The Morgan fingerprint density at radius 3 is 1.36 bits per heavy atom. The van der Waals surface area contributed by atoms with Gasteiger partial charge in [-0.3, -0.25) is 18.6 Å². The van der Waals surface area contributed by atoms with Crippen LogP contribution < -0.4 is 0 Å². The third-order valence-electron chi connectivity index (χ3n) is 9.90. The first-order valence-corrected chi connectivity index (χ1v) is 24.8. The largest absolute Gasteiger partial charge is 0.472 e. The molecule has 56 heavy (non-hydrogen) atoms. The molecule has 1 N–H and O–H groups in total. The first-order chi connectivity index (χ1) is 27.3. The van der Waals surface area contributed by atoms with Gasteiger partial charge in [-0.15, -0.1) is 0 Å². The van der Waals surface area contributed by atoms with Gasteiger partial charge < -0.3 is 14.4 Å². The number of ether oxygens (including phenoxy) is 2. The Hall–Kier alpha value is -1.73. The summed E-state index contributed by atoms with van der Waals surface area (Å²) in [6.45, 7) is 5.41. The highest BCUT2D eigenvalue weighted by Crippen LogP contribution is 2.43. The second-order valence-corrected chi connectivity index (χ2v) is 16.9. The third kappa shape index (κ3) is 41.9. The van der Waals surface area contributed by atoms with Crippen molar-refractivity contribution in [1.29, 1.82) is 0 Å². The number of hydrogen-bond donors (Lipinski definition) is 1. The van der Waals surface area contributed by atoms with E-state index in [2.05, 4.69) is 50.3 Å². The molecule has 328 valence electrons. The van der Waals surface area contributed by atoms with E-state index in [1.54, 1.807) is 6.92 Å². The van der Waals surface area contributed by atoms with Gasteiger partial charge in [0.15, 0.2) is 6.10 Å². The van der Waals surface area contributed by atoms with Crippen LogP contribution in [0.5, 0.6) is 0 Å². The Morgan fingerprint density at radius 1 is 0.482 bits per heavy atom. The van der Waals surface area contributed by atoms with E-state index in [4.69, 9.17) is 18.5 Å². The van der Waals surface area contributed by atoms with Crippen LogP contribution in [0.25, 0.3) is 0 Å². The van der Waals surface area contributed by atoms with Crippen molar-refractivity contribution in [2.45, 2.75) is 232 Å². The average molecular weight is 811 g/mol. The maximum absolute atomic E-state index is 12.5. The van der Waals surface area contributed by atoms with Crippen LogP contribution in [0.3, 0.4) is 0 Å². The molecule has 0 spiro atoms. The molecule has 0 aliphatic heterocycles. The van der Waals surface area contributed by atoms with E-state index in [9.17, 15) is 19.0 Å². The molecule has 0 saturated carbocycles. The first-order valence-electron chi connectivity index (χ1n) is 23.3. The molecule has 0 bridgehead atoms. The van der Waals surface area contributed by atoms with Gasteiger partial charge in [-0.05, 0) is 71.1 Å². The zero-order valence-corrected chi connectivity index (χ0v) is 37.4. The van der Waals surface area contributed by atoms with Gasteiger partial charge in [-0.25, -0.2) is 4.57 Å². The summed E-state index contributed by atoms with van der Waals surface area (Å²) in [6.07, 6.45) is 49.2. The topological polar surface area (TPSA) is 108 Å². The molecule has 0 aromatic rings. The van der Waals surface area contributed by atoms with E-state index >= 15 is 0 Å². The molecule has 0 aromatic heterocycles. The van der Waals surface area contributed by atoms with Gasteiger partial charge >= 0.3 is 19.8 Å². The number of rotatable bonds is 43. The van der Waals surface area contributed by atoms with E-state index in [1.807, 2.05) is 0 Å². The number of hydrogen-bond acceptors (Lipinski definition) is 7. The molecule has 0 saturated heterocycles. The summed E-state index contributed by atoms with van der Waals surface area (Å²) < 4.78 is 32.7. The summed E-state index contributed by atoms with van der Waals surface area (Å²) in [6, 6.07) is 0. The van der Waals surface area contributed by atoms with E-state index in [0.717, 1.165) is 64.2 Å². The van der Waals surface area contributed by atoms with E-state index in [0.29, 0.717) is 12.8 Å². The summed E-state index contributed by atoms with van der Waals surface area (Å²) >= 11 is 0. The Bertz CT molecular complexity index is 1010. The predicted octanol–water partition coefficient (Wildman–Crippen LogP) is 14.8. The fourth-order valence-corrected chi connectivity index (χ4v) is 7.24. The number of phosphoric acid groups is 1. The molecule has 9 heteroatoms. The van der Waals surface area contributed by atoms with Crippen LogP contribution in [0.1, 0.15) is 226 Å². The lowest BCUT2D eigenvalue weighted by Crippen LogP contribution is -2.29. The Morgan fingerprint density at radius 2 is 0.893 bits per heavy atom. The molecule has 0 aromatic carbocycles. The number of unbranched alkanes of at least 4 members (excludes halogenated alkanes) is 25. The van der Waals surface area contributed by atoms with Crippen LogP contribution in [-0.4, -0.2) is 42.8 Å². The average Bonchev–Trinajstić information content (AvgIpc) is 3.18. The number of esters is 2. The Balaban J connectivity index is 3.97. The number of phosphoric ester groups is 1. The van der Waals surface area contributed by atoms with Gasteiger partial charge in [0.05, 0.1) is 13.2 Å². The SMILES string of the molecule is CCC/C=C\C/C=C\CCCCCCCC(=O)OC(COC(=O)CCCCCCCCCCCCC/C=C\CCCCCCCCCC)COP(=O)(O)OCC. The summed E-state index contributed by atoms with van der Waals surface area (Å²) in [5.74, 6) is -0.810. The molecule has 0 fully saturated rings. The molecular weight excluding hydrogens is 723 g/mol. The summed E-state index contributed by atoms with van der Waals surface area (Å²) in [5, 5.41) is 0. The Kier molecular flexibility index (Phi) is 41.5. The Labute approximate surface area is 345 Å². The van der Waals surface area contributed by atoms with Crippen molar-refractivity contribution < 1.29 is 37.6 Å². The van der Waals surface area contributed by atoms with E-state index in [-0.39, 0.29) is 25.6 Å². The maximum Gasteiger partial charge on any atom is 0.472 e. The van der Waals surface area contributed by atoms with Crippen molar-refractivity contribution in [2.24, 2.45) is 0 Å². The number of allylic oxidation sites excluding steroid dienone is 6. The normalized spacial score (nSPS) is 13.6. The van der Waals surface area contributed by atoms with Crippen LogP contribution in [0.15, 0.2) is 36.5 Å². The van der Waals surface area contributed by atoms with Crippen molar-refractivity contribution in [3.05, 3.63) is 36.5 Å². The molecule has 0 amide bonds. The van der Waals surface area contributed by atoms with Gasteiger partial charge in [0.1, 0.15) is 6.61 Å². The van der Waals surface area contributed by atoms with Crippen LogP contribution in [0, 0.1) is 0 Å². The maximum atomic E-state index is 12.5. The second kappa shape index (κ2) is 42.9. The zero-order chi connectivity index (χ0) is 41.1. The summed E-state index contributed by atoms with van der Waals surface area (Å²) in [5.41, 5.74) is 0. The lowest BCUT2D eigenvalue weighted by atomic mass is 10.0. The van der Waals surface area contributed by atoms with Crippen molar-refractivity contribution in [2.75, 3.05) is 19.8 Å². The lowest BCUT2D eigenvalue weighted by molar-refractivity contribution is -0.161. The van der Waals surface area contributed by atoms with Gasteiger partial charge in [0.2, 0.25) is 0 Å². The second-order valence-electron chi connectivity index (χ2n) is 15.4. The minimum Gasteiger partial charge on any atom is -0.462 e. The summed E-state index contributed by atoms with van der Waals surface area (Å²) in [4.78, 5) is 34.8. The zero-order valence-electron chi connectivity index (χ0n) is 36.5. The van der Waals surface area contributed by atoms with Crippen molar-refractivity contribution >= 4 is 19.8 Å². The van der Waals surface area contributed by atoms with Gasteiger partial charge in [-0.1, -0.05) is 179 Å². The fraction of sp³-hybridized carbons (Fsp3) is 0.830. The molecule has 2 unspecified atom stereocenters. The summed E-state index contributed by atoms with van der Waals surface area (Å²) in [7, 11) is -4.28. The highest BCUT2D eigenvalue weighted by Gasteiger charge is 2.25. The van der Waals surface area contributed by atoms with Crippen molar-refractivity contribution in [3.8, 4) is 0 Å². The van der Waals surface area contributed by atoms with Crippen LogP contribution in [-0.2, 0) is 32.7 Å². The molecule has 0 aliphatic rings. The van der Waals surface area contributed by atoms with Crippen LogP contribution >= 0.6 is 7.82 Å². The predicted molar refractivity (Wildman–Crippen MR) is 235 cm³/mol. The standard InChI is InChI=1S/C47H87O8P/c1-4-7-9-11-13-15-17-19-20-21-22-23-24-25-26-27-28-30-31-33-35-37-39-41-46(48)52-43-45(44-54-56(50,51)53-6-3)55-47(49)42-40-38-36-34-32-29-18-16-14-12-10-8-5-2/h10,12,16,18,21-22,45H,4-9,11,13-15,17,19-20,23-44H2,1-3H3,(H,50,51)/b12-10-,18-16-,22-21-. The van der Waals surface area contributed by atoms with Crippen LogP contribution in [0.4, 0.5) is 0 Å². The molecule has 0 heterocycles. The molecule has 8 nitrogen and oxygen atoms in total. The monoisotopic (exact) mass is 811 g/mol.